The van der Waals surface area contributed by atoms with Gasteiger partial charge >= 0.3 is 11.9 Å². The average molecular weight is 488 g/mol. The molecular weight excluding hydrogens is 459 g/mol. The zero-order valence-electron chi connectivity index (χ0n) is 18.4. The number of rotatable bonds is 2. The number of fused-ring (bicyclic) bond motifs is 1. The fourth-order valence-electron chi connectivity index (χ4n) is 8.68. The first kappa shape index (κ1) is 22.2. The van der Waals surface area contributed by atoms with E-state index in [1.807, 2.05) is 6.92 Å². The summed E-state index contributed by atoms with van der Waals surface area (Å²) in [5, 5.41) is -0.276. The lowest BCUT2D eigenvalue weighted by Gasteiger charge is -2.71. The number of hydrogen-bond acceptors (Lipinski definition) is 4. The van der Waals surface area contributed by atoms with Crippen molar-refractivity contribution in [2.45, 2.75) is 76.0 Å². The summed E-state index contributed by atoms with van der Waals surface area (Å²) >= 11 is 20.5. The van der Waals surface area contributed by atoms with Crippen molar-refractivity contribution in [3.63, 3.8) is 0 Å². The van der Waals surface area contributed by atoms with Crippen molar-refractivity contribution >= 4 is 52.0 Å². The van der Waals surface area contributed by atoms with Gasteiger partial charge in [-0.15, -0.1) is 23.2 Å². The number of ether oxygens (including phenoxy) is 1. The minimum Gasteiger partial charge on any atom is -0.390 e. The molecule has 8 atom stereocenters. The summed E-state index contributed by atoms with van der Waals surface area (Å²) in [5.74, 6) is -1.49. The first-order chi connectivity index (χ1) is 14.3. The molecule has 1 saturated heterocycles. The molecule has 4 nitrogen and oxygen atoms in total. The maximum absolute atomic E-state index is 13.2. The molecule has 0 aromatic carbocycles. The lowest BCUT2D eigenvalue weighted by molar-refractivity contribution is -0.176. The van der Waals surface area contributed by atoms with Gasteiger partial charge in [-0.25, -0.2) is 9.59 Å². The third-order valence-electron chi connectivity index (χ3n) is 10.0. The van der Waals surface area contributed by atoms with Gasteiger partial charge in [-0.05, 0) is 66.9 Å². The van der Waals surface area contributed by atoms with Crippen molar-refractivity contribution in [2.24, 2.45) is 39.9 Å². The Morgan fingerprint density at radius 3 is 2.39 bits per heavy atom. The third kappa shape index (κ3) is 2.19. The lowest BCUT2D eigenvalue weighted by Crippen LogP contribution is -2.75. The zero-order chi connectivity index (χ0) is 22.8. The van der Waals surface area contributed by atoms with E-state index in [1.54, 1.807) is 0 Å². The first-order valence-corrected chi connectivity index (χ1v) is 12.5. The number of carbonyl (C=O) groups is 3. The second-order valence-corrected chi connectivity index (χ2v) is 12.9. The van der Waals surface area contributed by atoms with Crippen LogP contribution >= 0.6 is 34.8 Å². The third-order valence-corrected chi connectivity index (χ3v) is 12.1. The van der Waals surface area contributed by atoms with Crippen molar-refractivity contribution in [2.75, 3.05) is 0 Å². The molecule has 1 spiro atoms. The van der Waals surface area contributed by atoms with Gasteiger partial charge in [-0.2, -0.15) is 0 Å². The smallest absolute Gasteiger partial charge is 0.338 e. The standard InChI is InChI=1S/C24H29Cl3O4/c1-12(2)13-11-22-9-6-15-20(3,7-5-8-21(15,4)17(25)28)16(22)10-14(13)23(26)18(29)31-19(30)24(22,23)27/h11-12,14-16H,5-10H2,1-4H3. The van der Waals surface area contributed by atoms with Crippen LogP contribution in [0.2, 0.25) is 0 Å². The van der Waals surface area contributed by atoms with E-state index in [2.05, 4.69) is 26.8 Å². The minimum absolute atomic E-state index is 0.0183. The van der Waals surface area contributed by atoms with Crippen LogP contribution in [-0.4, -0.2) is 26.9 Å². The van der Waals surface area contributed by atoms with E-state index >= 15 is 0 Å². The normalized spacial score (nSPS) is 52.9. The summed E-state index contributed by atoms with van der Waals surface area (Å²) in [5.41, 5.74) is -0.518. The molecule has 6 aliphatic rings. The Kier molecular flexibility index (Phi) is 4.52. The highest BCUT2D eigenvalue weighted by atomic mass is 35.5. The zero-order valence-corrected chi connectivity index (χ0v) is 20.7. The molecule has 6 rings (SSSR count). The van der Waals surface area contributed by atoms with E-state index in [9.17, 15) is 14.4 Å². The summed E-state index contributed by atoms with van der Waals surface area (Å²) in [4.78, 5) is 35.5. The predicted molar refractivity (Wildman–Crippen MR) is 119 cm³/mol. The van der Waals surface area contributed by atoms with Crippen LogP contribution in [-0.2, 0) is 19.1 Å². The van der Waals surface area contributed by atoms with Gasteiger partial charge in [0.1, 0.15) is 0 Å². The molecule has 2 bridgehead atoms. The van der Waals surface area contributed by atoms with Crippen LogP contribution in [0.25, 0.3) is 0 Å². The molecule has 1 heterocycles. The predicted octanol–water partition coefficient (Wildman–Crippen LogP) is 5.62. The maximum Gasteiger partial charge on any atom is 0.338 e. The first-order valence-electron chi connectivity index (χ1n) is 11.4. The van der Waals surface area contributed by atoms with Crippen LogP contribution in [0.15, 0.2) is 11.6 Å². The Balaban J connectivity index is 1.74. The van der Waals surface area contributed by atoms with Gasteiger partial charge in [0.2, 0.25) is 5.24 Å². The SMILES string of the molecule is CC(C)C1=CC23CCC4C(C)(C(=O)Cl)CCCC4(C)C2CC1C1(Cl)C(=O)OC(=O)C31Cl. The summed E-state index contributed by atoms with van der Waals surface area (Å²) in [6.45, 7) is 8.41. The fraction of sp³-hybridized carbons (Fsp3) is 0.792. The highest BCUT2D eigenvalue weighted by Crippen LogP contribution is 2.78. The number of halogens is 3. The fourth-order valence-corrected chi connectivity index (χ4v) is 9.94. The number of esters is 2. The van der Waals surface area contributed by atoms with Crippen LogP contribution in [0.5, 0.6) is 0 Å². The molecule has 3 saturated carbocycles. The molecule has 1 aliphatic heterocycles. The van der Waals surface area contributed by atoms with Gasteiger partial charge in [0.05, 0.1) is 0 Å². The molecule has 0 radical (unpaired) electrons. The van der Waals surface area contributed by atoms with E-state index in [4.69, 9.17) is 39.5 Å². The number of allylic oxidation sites excluding steroid dienone is 2. The highest BCUT2D eigenvalue weighted by molar-refractivity contribution is 6.64. The van der Waals surface area contributed by atoms with Gasteiger partial charge in [-0.1, -0.05) is 45.8 Å². The Morgan fingerprint density at radius 2 is 1.77 bits per heavy atom. The number of alkyl halides is 2. The van der Waals surface area contributed by atoms with Gasteiger partial charge < -0.3 is 4.74 Å². The molecule has 0 N–H and O–H groups in total. The monoisotopic (exact) mass is 486 g/mol. The van der Waals surface area contributed by atoms with E-state index in [1.165, 1.54) is 0 Å². The summed E-state index contributed by atoms with van der Waals surface area (Å²) in [6.07, 6.45) is 6.76. The van der Waals surface area contributed by atoms with E-state index in [-0.39, 0.29) is 34.3 Å². The van der Waals surface area contributed by atoms with Crippen molar-refractivity contribution in [1.82, 2.24) is 0 Å². The lowest BCUT2D eigenvalue weighted by atomic mass is 9.34. The molecule has 170 valence electrons. The molecular formula is C24H29Cl3O4. The van der Waals surface area contributed by atoms with Gasteiger partial charge in [0, 0.05) is 16.7 Å². The summed E-state index contributed by atoms with van der Waals surface area (Å²) in [7, 11) is 0. The number of carbonyl (C=O) groups excluding carboxylic acids is 3. The van der Waals surface area contributed by atoms with Crippen LogP contribution in [0.1, 0.15) is 66.2 Å². The van der Waals surface area contributed by atoms with Crippen molar-refractivity contribution < 1.29 is 19.1 Å². The largest absolute Gasteiger partial charge is 0.390 e. The molecule has 0 aromatic rings. The van der Waals surface area contributed by atoms with E-state index < -0.39 is 32.5 Å². The van der Waals surface area contributed by atoms with Crippen molar-refractivity contribution in [1.29, 1.82) is 0 Å². The Hall–Kier alpha value is -0.580. The van der Waals surface area contributed by atoms with E-state index in [0.29, 0.717) is 19.3 Å². The topological polar surface area (TPSA) is 60.4 Å². The Bertz CT molecular complexity index is 945. The molecule has 7 heteroatoms. The number of hydrogen-bond donors (Lipinski definition) is 0. The molecule has 31 heavy (non-hydrogen) atoms. The van der Waals surface area contributed by atoms with Gasteiger partial charge in [-0.3, -0.25) is 4.79 Å². The van der Waals surface area contributed by atoms with E-state index in [0.717, 1.165) is 24.8 Å². The van der Waals surface area contributed by atoms with Gasteiger partial charge in [0.25, 0.3) is 0 Å². The maximum atomic E-state index is 13.2. The van der Waals surface area contributed by atoms with Crippen LogP contribution in [0.4, 0.5) is 0 Å². The van der Waals surface area contributed by atoms with Crippen LogP contribution in [0, 0.1) is 39.9 Å². The van der Waals surface area contributed by atoms with Crippen molar-refractivity contribution in [3.8, 4) is 0 Å². The molecule has 5 aliphatic carbocycles. The van der Waals surface area contributed by atoms with Gasteiger partial charge in [0.15, 0.2) is 9.75 Å². The van der Waals surface area contributed by atoms with Crippen molar-refractivity contribution in [3.05, 3.63) is 11.6 Å². The Morgan fingerprint density at radius 1 is 1.10 bits per heavy atom. The summed E-state index contributed by atoms with van der Waals surface area (Å²) in [6, 6.07) is 0. The quantitative estimate of drug-likeness (QED) is 0.167. The molecule has 0 amide bonds. The second-order valence-electron chi connectivity index (χ2n) is 11.4. The summed E-state index contributed by atoms with van der Waals surface area (Å²) < 4.78 is 5.16. The highest BCUT2D eigenvalue weighted by Gasteiger charge is 2.85. The second kappa shape index (κ2) is 6.30. The molecule has 0 aromatic heterocycles. The Labute approximate surface area is 198 Å². The molecule has 4 fully saturated rings. The molecule has 8 unspecified atom stereocenters. The average Bonchev–Trinajstić information content (AvgIpc) is 2.88. The van der Waals surface area contributed by atoms with Crippen LogP contribution in [0.3, 0.4) is 0 Å². The minimum atomic E-state index is -1.63. The number of cyclic esters (lactones) is 2. The van der Waals surface area contributed by atoms with Crippen LogP contribution < -0.4 is 0 Å².